The van der Waals surface area contributed by atoms with Crippen molar-refractivity contribution >= 4 is 23.9 Å². The molecule has 2 aromatic rings. The smallest absolute Gasteiger partial charge is 0.355 e. The molecular weight excluding hydrogens is 436 g/mol. The van der Waals surface area contributed by atoms with Crippen LogP contribution in [0.5, 0.6) is 0 Å². The Labute approximate surface area is 187 Å². The number of nitrogens with zero attached hydrogens (tertiary/aromatic N) is 2. The summed E-state index contributed by atoms with van der Waals surface area (Å²) in [6, 6.07) is 11.7. The topological polar surface area (TPSA) is 123 Å². The van der Waals surface area contributed by atoms with Gasteiger partial charge in [0, 0.05) is 5.56 Å². The van der Waals surface area contributed by atoms with E-state index in [0.717, 1.165) is 20.3 Å². The summed E-state index contributed by atoms with van der Waals surface area (Å²) in [6.45, 7) is 0. The summed E-state index contributed by atoms with van der Waals surface area (Å²) in [5, 5.41) is 9.92. The predicted octanol–water partition coefficient (Wildman–Crippen LogP) is 2.68. The van der Waals surface area contributed by atoms with Crippen molar-refractivity contribution in [3.05, 3.63) is 87.9 Å². The Morgan fingerprint density at radius 3 is 2.27 bits per heavy atom. The van der Waals surface area contributed by atoms with Gasteiger partial charge in [0.15, 0.2) is 17.9 Å². The van der Waals surface area contributed by atoms with Gasteiger partial charge in [0.1, 0.15) is 11.5 Å². The first kappa shape index (κ1) is 23.1. The molecule has 0 spiro atoms. The molecule has 33 heavy (non-hydrogen) atoms. The lowest BCUT2D eigenvalue weighted by molar-refractivity contribution is -0.139. The highest BCUT2D eigenvalue weighted by atomic mass is 19.2. The second-order valence-electron chi connectivity index (χ2n) is 6.75. The van der Waals surface area contributed by atoms with Gasteiger partial charge in [-0.25, -0.2) is 18.4 Å². The minimum atomic E-state index is -1.52. The number of ether oxygens (including phenoxy) is 2. The lowest BCUT2D eigenvalue weighted by Gasteiger charge is -2.36. The fraction of sp³-hybridized carbons (Fsp3) is 0.130. The van der Waals surface area contributed by atoms with Crippen LogP contribution in [0, 0.1) is 23.0 Å². The van der Waals surface area contributed by atoms with Gasteiger partial charge in [-0.3, -0.25) is 9.69 Å². The lowest BCUT2D eigenvalue weighted by atomic mass is 9.80. The number of methoxy groups -OCH3 is 2. The van der Waals surface area contributed by atoms with Gasteiger partial charge < -0.3 is 15.2 Å². The molecule has 2 N–H and O–H groups in total. The van der Waals surface area contributed by atoms with Crippen molar-refractivity contribution in [1.82, 2.24) is 0 Å². The normalized spacial score (nSPS) is 15.7. The number of benzene rings is 2. The van der Waals surface area contributed by atoms with Crippen LogP contribution in [0.4, 0.5) is 14.5 Å². The third-order valence-corrected chi connectivity index (χ3v) is 5.06. The van der Waals surface area contributed by atoms with Gasteiger partial charge in [-0.15, -0.1) is 0 Å². The lowest BCUT2D eigenvalue weighted by Crippen LogP contribution is -2.41. The zero-order valence-electron chi connectivity index (χ0n) is 17.5. The van der Waals surface area contributed by atoms with Gasteiger partial charge in [-0.05, 0) is 17.7 Å². The van der Waals surface area contributed by atoms with Crippen molar-refractivity contribution < 1.29 is 32.6 Å². The van der Waals surface area contributed by atoms with Crippen LogP contribution in [0.25, 0.3) is 0 Å². The van der Waals surface area contributed by atoms with E-state index in [2.05, 4.69) is 0 Å². The third kappa shape index (κ3) is 3.80. The number of nitrogens with two attached hydrogens (primary N) is 1. The Balaban J connectivity index is 2.52. The molecular formula is C23H17F2N3O5. The van der Waals surface area contributed by atoms with Crippen molar-refractivity contribution in [2.24, 2.45) is 5.73 Å². The van der Waals surface area contributed by atoms with Gasteiger partial charge in [-0.1, -0.05) is 30.3 Å². The standard InChI is InChI=1S/C23H17F2N3O5/c1-32-22(30)17-16(12-6-4-3-5-7-12)14(10-26)21(27)28(20(17)23(31)33-2)19-13(11-29)8-9-15(24)18(19)25/h3-9,11,16H,27H2,1-2H3. The summed E-state index contributed by atoms with van der Waals surface area (Å²) in [6.07, 6.45) is 0.215. The molecule has 0 aliphatic carbocycles. The van der Waals surface area contributed by atoms with Gasteiger partial charge in [-0.2, -0.15) is 5.26 Å². The van der Waals surface area contributed by atoms with Gasteiger partial charge in [0.25, 0.3) is 0 Å². The summed E-state index contributed by atoms with van der Waals surface area (Å²) in [7, 11) is 2.05. The highest BCUT2D eigenvalue weighted by Crippen LogP contribution is 2.44. The average Bonchev–Trinajstić information content (AvgIpc) is 2.84. The Kier molecular flexibility index (Phi) is 6.53. The number of hydrogen-bond donors (Lipinski definition) is 1. The van der Waals surface area contributed by atoms with E-state index in [-0.39, 0.29) is 11.9 Å². The SMILES string of the molecule is COC(=O)C1=C(C(=O)OC)N(c2c(C=O)ccc(F)c2F)C(N)=C(C#N)C1c1ccccc1. The number of carbonyl (C=O) groups excluding carboxylic acids is 3. The maximum absolute atomic E-state index is 15.0. The zero-order valence-corrected chi connectivity index (χ0v) is 17.5. The Hall–Kier alpha value is -4.52. The van der Waals surface area contributed by atoms with E-state index < -0.39 is 57.8 Å². The second-order valence-corrected chi connectivity index (χ2v) is 6.75. The molecule has 2 aromatic carbocycles. The molecule has 168 valence electrons. The molecule has 0 aromatic heterocycles. The van der Waals surface area contributed by atoms with Gasteiger partial charge in [0.2, 0.25) is 0 Å². The number of rotatable bonds is 5. The fourth-order valence-corrected chi connectivity index (χ4v) is 3.62. The van der Waals surface area contributed by atoms with Crippen LogP contribution in [0.15, 0.2) is 65.1 Å². The number of aldehydes is 1. The predicted molar refractivity (Wildman–Crippen MR) is 111 cm³/mol. The molecule has 0 amide bonds. The molecule has 0 saturated heterocycles. The first-order valence-corrected chi connectivity index (χ1v) is 9.41. The van der Waals surface area contributed by atoms with Crippen molar-refractivity contribution in [3.8, 4) is 6.07 Å². The van der Waals surface area contributed by atoms with E-state index in [0.29, 0.717) is 16.5 Å². The monoisotopic (exact) mass is 453 g/mol. The van der Waals surface area contributed by atoms with Crippen molar-refractivity contribution in [1.29, 1.82) is 5.26 Å². The number of esters is 2. The zero-order chi connectivity index (χ0) is 24.3. The van der Waals surface area contributed by atoms with Crippen molar-refractivity contribution in [2.75, 3.05) is 19.1 Å². The Bertz CT molecular complexity index is 1250. The number of anilines is 1. The molecule has 1 atom stereocenters. The second kappa shape index (κ2) is 9.32. The molecule has 1 aliphatic heterocycles. The number of hydrogen-bond acceptors (Lipinski definition) is 8. The highest BCUT2D eigenvalue weighted by Gasteiger charge is 2.44. The van der Waals surface area contributed by atoms with Crippen LogP contribution in [-0.4, -0.2) is 32.4 Å². The fourth-order valence-electron chi connectivity index (χ4n) is 3.62. The quantitative estimate of drug-likeness (QED) is 0.542. The van der Waals surface area contributed by atoms with E-state index in [1.54, 1.807) is 30.3 Å². The summed E-state index contributed by atoms with van der Waals surface area (Å²) in [5.41, 5.74) is 4.17. The number of nitriles is 1. The minimum absolute atomic E-state index is 0.215. The molecule has 1 unspecified atom stereocenters. The summed E-state index contributed by atoms with van der Waals surface area (Å²) >= 11 is 0. The number of halogens is 2. The molecule has 8 nitrogen and oxygen atoms in total. The van der Waals surface area contributed by atoms with Crippen LogP contribution < -0.4 is 10.6 Å². The Morgan fingerprint density at radius 2 is 1.73 bits per heavy atom. The van der Waals surface area contributed by atoms with E-state index in [9.17, 15) is 28.4 Å². The van der Waals surface area contributed by atoms with E-state index in [1.807, 2.05) is 6.07 Å². The summed E-state index contributed by atoms with van der Waals surface area (Å²) in [4.78, 5) is 38.1. The number of carbonyl (C=O) groups is 3. The molecule has 3 rings (SSSR count). The van der Waals surface area contributed by atoms with E-state index in [1.165, 1.54) is 0 Å². The Morgan fingerprint density at radius 1 is 1.09 bits per heavy atom. The molecule has 0 radical (unpaired) electrons. The van der Waals surface area contributed by atoms with Crippen molar-refractivity contribution in [3.63, 3.8) is 0 Å². The molecule has 0 fully saturated rings. The van der Waals surface area contributed by atoms with E-state index >= 15 is 0 Å². The first-order valence-electron chi connectivity index (χ1n) is 9.41. The van der Waals surface area contributed by atoms with Crippen LogP contribution in [0.3, 0.4) is 0 Å². The molecule has 10 heteroatoms. The average molecular weight is 453 g/mol. The van der Waals surface area contributed by atoms with Crippen LogP contribution in [-0.2, 0) is 19.1 Å². The van der Waals surface area contributed by atoms with Crippen LogP contribution in [0.1, 0.15) is 21.8 Å². The number of allylic oxidation sites excluding steroid dienone is 1. The van der Waals surface area contributed by atoms with Crippen molar-refractivity contribution in [2.45, 2.75) is 5.92 Å². The van der Waals surface area contributed by atoms with Crippen LogP contribution >= 0.6 is 0 Å². The maximum atomic E-state index is 15.0. The highest BCUT2D eigenvalue weighted by molar-refractivity contribution is 6.07. The minimum Gasteiger partial charge on any atom is -0.466 e. The molecule has 0 bridgehead atoms. The maximum Gasteiger partial charge on any atom is 0.355 e. The van der Waals surface area contributed by atoms with Crippen LogP contribution in [0.2, 0.25) is 0 Å². The largest absolute Gasteiger partial charge is 0.466 e. The summed E-state index contributed by atoms with van der Waals surface area (Å²) < 4.78 is 38.8. The molecule has 1 heterocycles. The summed E-state index contributed by atoms with van der Waals surface area (Å²) in [5.74, 6) is -6.76. The van der Waals surface area contributed by atoms with Gasteiger partial charge >= 0.3 is 11.9 Å². The molecule has 1 aliphatic rings. The van der Waals surface area contributed by atoms with Gasteiger partial charge in [0.05, 0.1) is 43.0 Å². The van der Waals surface area contributed by atoms with E-state index in [4.69, 9.17) is 15.2 Å². The molecule has 0 saturated carbocycles. The third-order valence-electron chi connectivity index (χ3n) is 5.06. The first-order chi connectivity index (χ1) is 15.8.